The molecule has 0 spiro atoms. The summed E-state index contributed by atoms with van der Waals surface area (Å²) in [4.78, 5) is 8.91. The molecule has 0 atom stereocenters. The lowest BCUT2D eigenvalue weighted by Crippen LogP contribution is -2.10. The number of anilines is 3. The lowest BCUT2D eigenvalue weighted by Gasteiger charge is -2.11. The summed E-state index contributed by atoms with van der Waals surface area (Å²) in [5.74, 6) is 1.76. The minimum Gasteiger partial charge on any atom is -0.395 e. The Labute approximate surface area is 128 Å². The van der Waals surface area contributed by atoms with Gasteiger partial charge in [-0.2, -0.15) is 4.98 Å². The Hall–Kier alpha value is -1.85. The van der Waals surface area contributed by atoms with E-state index in [0.717, 1.165) is 11.4 Å². The number of hydrogen-bond donors (Lipinski definition) is 3. The zero-order valence-electron chi connectivity index (χ0n) is 11.5. The summed E-state index contributed by atoms with van der Waals surface area (Å²) >= 11 is 6.16. The highest BCUT2D eigenvalue weighted by Gasteiger charge is 2.26. The van der Waals surface area contributed by atoms with Crippen LogP contribution in [0, 0.1) is 0 Å². The summed E-state index contributed by atoms with van der Waals surface area (Å²) < 4.78 is 0. The van der Waals surface area contributed by atoms with Crippen molar-refractivity contribution in [3.63, 3.8) is 0 Å². The van der Waals surface area contributed by atoms with E-state index in [1.807, 2.05) is 30.3 Å². The summed E-state index contributed by atoms with van der Waals surface area (Å²) in [7, 11) is 0. The molecule has 0 unspecified atom stereocenters. The van der Waals surface area contributed by atoms with Gasteiger partial charge in [0, 0.05) is 18.5 Å². The number of aliphatic hydroxyl groups excluding tert-OH is 1. The first-order chi connectivity index (χ1) is 10.3. The molecular formula is C15H17ClN4O. The Morgan fingerprint density at radius 1 is 1.24 bits per heavy atom. The van der Waals surface area contributed by atoms with Crippen LogP contribution in [-0.2, 0) is 0 Å². The first-order valence-corrected chi connectivity index (χ1v) is 7.39. The molecule has 3 rings (SSSR count). The van der Waals surface area contributed by atoms with Crippen molar-refractivity contribution in [2.24, 2.45) is 0 Å². The van der Waals surface area contributed by atoms with Crippen LogP contribution in [0.4, 0.5) is 17.5 Å². The van der Waals surface area contributed by atoms with Crippen molar-refractivity contribution < 1.29 is 5.11 Å². The second-order valence-corrected chi connectivity index (χ2v) is 5.44. The van der Waals surface area contributed by atoms with Gasteiger partial charge < -0.3 is 15.7 Å². The van der Waals surface area contributed by atoms with Crippen LogP contribution in [0.25, 0.3) is 0 Å². The number of para-hydroxylation sites is 1. The molecule has 0 radical (unpaired) electrons. The van der Waals surface area contributed by atoms with E-state index < -0.39 is 0 Å². The fourth-order valence-corrected chi connectivity index (χ4v) is 2.25. The van der Waals surface area contributed by atoms with Gasteiger partial charge in [-0.3, -0.25) is 0 Å². The Balaban J connectivity index is 1.86. The van der Waals surface area contributed by atoms with Crippen molar-refractivity contribution in [1.82, 2.24) is 9.97 Å². The van der Waals surface area contributed by atoms with E-state index in [-0.39, 0.29) is 6.61 Å². The third-order valence-corrected chi connectivity index (χ3v) is 3.60. The minimum absolute atomic E-state index is 0.0459. The Morgan fingerprint density at radius 2 is 2.05 bits per heavy atom. The van der Waals surface area contributed by atoms with Gasteiger partial charge in [0.25, 0.3) is 0 Å². The molecule has 1 fully saturated rings. The third-order valence-electron chi connectivity index (χ3n) is 3.27. The summed E-state index contributed by atoms with van der Waals surface area (Å²) in [6, 6.07) is 9.50. The van der Waals surface area contributed by atoms with Crippen LogP contribution in [0.1, 0.15) is 24.5 Å². The summed E-state index contributed by atoms with van der Waals surface area (Å²) in [5, 5.41) is 15.8. The average Bonchev–Trinajstić information content (AvgIpc) is 3.32. The van der Waals surface area contributed by atoms with Gasteiger partial charge in [-0.25, -0.2) is 4.98 Å². The topological polar surface area (TPSA) is 70.1 Å². The van der Waals surface area contributed by atoms with Crippen molar-refractivity contribution in [3.05, 3.63) is 41.0 Å². The molecule has 0 amide bonds. The maximum absolute atomic E-state index is 8.91. The molecule has 0 saturated heterocycles. The van der Waals surface area contributed by atoms with E-state index in [4.69, 9.17) is 16.7 Å². The van der Waals surface area contributed by atoms with E-state index in [9.17, 15) is 0 Å². The predicted molar refractivity (Wildman–Crippen MR) is 84.3 cm³/mol. The van der Waals surface area contributed by atoms with Gasteiger partial charge in [-0.15, -0.1) is 0 Å². The first-order valence-electron chi connectivity index (χ1n) is 7.01. The monoisotopic (exact) mass is 304 g/mol. The second-order valence-electron chi connectivity index (χ2n) is 5.03. The molecule has 0 aliphatic heterocycles. The molecule has 1 aromatic heterocycles. The SMILES string of the molecule is OCCNc1nc(Nc2ccccc2Cl)cc(C2CC2)n1. The molecule has 3 N–H and O–H groups in total. The van der Waals surface area contributed by atoms with E-state index in [1.165, 1.54) is 12.8 Å². The molecule has 1 aliphatic rings. The quantitative estimate of drug-likeness (QED) is 0.765. The van der Waals surface area contributed by atoms with Crippen LogP contribution in [0.2, 0.25) is 5.02 Å². The number of aliphatic hydroxyl groups is 1. The molecule has 0 bridgehead atoms. The molecule has 5 nitrogen and oxygen atoms in total. The number of halogens is 1. The molecule has 21 heavy (non-hydrogen) atoms. The smallest absolute Gasteiger partial charge is 0.224 e. The van der Waals surface area contributed by atoms with Crippen LogP contribution < -0.4 is 10.6 Å². The van der Waals surface area contributed by atoms with Gasteiger partial charge in [0.15, 0.2) is 0 Å². The van der Waals surface area contributed by atoms with E-state index >= 15 is 0 Å². The Kier molecular flexibility index (Phi) is 4.22. The van der Waals surface area contributed by atoms with Crippen LogP contribution in [0.5, 0.6) is 0 Å². The summed E-state index contributed by atoms with van der Waals surface area (Å²) in [6.45, 7) is 0.476. The summed E-state index contributed by atoms with van der Waals surface area (Å²) in [6.07, 6.45) is 2.34. The van der Waals surface area contributed by atoms with Crippen molar-refractivity contribution in [2.75, 3.05) is 23.8 Å². The number of nitrogens with zero attached hydrogens (tertiary/aromatic N) is 2. The van der Waals surface area contributed by atoms with Gasteiger partial charge in [0.05, 0.1) is 23.0 Å². The van der Waals surface area contributed by atoms with Crippen LogP contribution in [-0.4, -0.2) is 28.2 Å². The number of rotatable bonds is 6. The molecule has 1 aromatic carbocycles. The van der Waals surface area contributed by atoms with Gasteiger partial charge in [-0.1, -0.05) is 23.7 Å². The number of benzene rings is 1. The van der Waals surface area contributed by atoms with Crippen molar-refractivity contribution in [2.45, 2.75) is 18.8 Å². The van der Waals surface area contributed by atoms with E-state index in [0.29, 0.717) is 29.3 Å². The highest BCUT2D eigenvalue weighted by atomic mass is 35.5. The lowest BCUT2D eigenvalue weighted by atomic mass is 10.2. The number of aromatic nitrogens is 2. The fraction of sp³-hybridized carbons (Fsp3) is 0.333. The Bertz CT molecular complexity index is 631. The van der Waals surface area contributed by atoms with Crippen molar-refractivity contribution in [3.8, 4) is 0 Å². The highest BCUT2D eigenvalue weighted by molar-refractivity contribution is 6.33. The zero-order valence-corrected chi connectivity index (χ0v) is 12.3. The molecule has 1 aliphatic carbocycles. The number of hydrogen-bond acceptors (Lipinski definition) is 5. The highest BCUT2D eigenvalue weighted by Crippen LogP contribution is 2.40. The van der Waals surface area contributed by atoms with Gasteiger partial charge in [0.2, 0.25) is 5.95 Å². The Morgan fingerprint density at radius 3 is 2.76 bits per heavy atom. The minimum atomic E-state index is 0.0459. The third kappa shape index (κ3) is 3.62. The fourth-order valence-electron chi connectivity index (χ4n) is 2.07. The number of nitrogens with one attached hydrogen (secondary N) is 2. The van der Waals surface area contributed by atoms with Crippen molar-refractivity contribution >= 4 is 29.1 Å². The van der Waals surface area contributed by atoms with E-state index in [2.05, 4.69) is 20.6 Å². The maximum Gasteiger partial charge on any atom is 0.224 e. The summed E-state index contributed by atoms with van der Waals surface area (Å²) in [5.41, 5.74) is 1.84. The van der Waals surface area contributed by atoms with Gasteiger partial charge in [-0.05, 0) is 25.0 Å². The second kappa shape index (κ2) is 6.28. The average molecular weight is 305 g/mol. The zero-order chi connectivity index (χ0) is 14.7. The molecule has 1 heterocycles. The largest absolute Gasteiger partial charge is 0.395 e. The first kappa shape index (κ1) is 14.1. The normalized spacial score (nSPS) is 14.0. The van der Waals surface area contributed by atoms with Crippen LogP contribution in [0.15, 0.2) is 30.3 Å². The van der Waals surface area contributed by atoms with Crippen LogP contribution >= 0.6 is 11.6 Å². The van der Waals surface area contributed by atoms with Gasteiger partial charge in [0.1, 0.15) is 5.82 Å². The predicted octanol–water partition coefficient (Wildman–Crippen LogP) is 3.16. The van der Waals surface area contributed by atoms with Crippen molar-refractivity contribution in [1.29, 1.82) is 0 Å². The maximum atomic E-state index is 8.91. The lowest BCUT2D eigenvalue weighted by molar-refractivity contribution is 0.311. The molecule has 110 valence electrons. The molecule has 2 aromatic rings. The van der Waals surface area contributed by atoms with E-state index in [1.54, 1.807) is 0 Å². The molecular weight excluding hydrogens is 288 g/mol. The standard InChI is InChI=1S/C15H17ClN4O/c16-11-3-1-2-4-12(11)18-14-9-13(10-5-6-10)19-15(20-14)17-7-8-21/h1-4,9-10,21H,5-8H2,(H2,17,18,19,20). The van der Waals surface area contributed by atoms with Crippen LogP contribution in [0.3, 0.4) is 0 Å². The molecule has 6 heteroatoms. The van der Waals surface area contributed by atoms with Gasteiger partial charge >= 0.3 is 0 Å². The molecule has 1 saturated carbocycles.